The smallest absolute Gasteiger partial charge is 0.232 e. The van der Waals surface area contributed by atoms with E-state index in [-0.39, 0.29) is 17.7 Å². The van der Waals surface area contributed by atoms with E-state index in [1.165, 1.54) is 4.90 Å². The van der Waals surface area contributed by atoms with Crippen LogP contribution in [0, 0.1) is 5.92 Å². The van der Waals surface area contributed by atoms with Gasteiger partial charge in [0.05, 0.1) is 0 Å². The summed E-state index contributed by atoms with van der Waals surface area (Å²) in [4.78, 5) is 24.1. The second kappa shape index (κ2) is 3.73. The van der Waals surface area contributed by atoms with Crippen molar-refractivity contribution in [3.05, 3.63) is 12.2 Å². The lowest BCUT2D eigenvalue weighted by molar-refractivity contribution is -0.138. The van der Waals surface area contributed by atoms with Gasteiger partial charge < -0.3 is 0 Å². The molecule has 0 N–H and O–H groups in total. The normalized spacial score (nSPS) is 22.6. The Morgan fingerprint density at radius 1 is 1.62 bits per heavy atom. The highest BCUT2D eigenvalue weighted by atomic mass is 16.2. The highest BCUT2D eigenvalue weighted by Crippen LogP contribution is 2.19. The van der Waals surface area contributed by atoms with E-state index in [4.69, 9.17) is 0 Å². The average molecular weight is 181 g/mol. The zero-order valence-electron chi connectivity index (χ0n) is 8.17. The molecule has 0 saturated carbocycles. The maximum absolute atomic E-state index is 11.4. The SMILES string of the molecule is C=C(CC)CN1C(=O)CC(C)C1=O. The molecule has 0 aromatic carbocycles. The molecule has 0 bridgehead atoms. The number of amides is 2. The highest BCUT2D eigenvalue weighted by molar-refractivity contribution is 6.03. The topological polar surface area (TPSA) is 37.4 Å². The van der Waals surface area contributed by atoms with Crippen molar-refractivity contribution in [1.29, 1.82) is 0 Å². The second-order valence-corrected chi connectivity index (χ2v) is 3.53. The van der Waals surface area contributed by atoms with Gasteiger partial charge in [-0.1, -0.05) is 26.0 Å². The average Bonchev–Trinajstić information content (AvgIpc) is 2.32. The lowest BCUT2D eigenvalue weighted by Crippen LogP contribution is -2.31. The van der Waals surface area contributed by atoms with Crippen molar-refractivity contribution in [3.8, 4) is 0 Å². The van der Waals surface area contributed by atoms with Crippen LogP contribution in [-0.4, -0.2) is 23.3 Å². The van der Waals surface area contributed by atoms with Crippen molar-refractivity contribution in [1.82, 2.24) is 4.90 Å². The van der Waals surface area contributed by atoms with Crippen LogP contribution in [0.5, 0.6) is 0 Å². The Labute approximate surface area is 78.4 Å². The maximum Gasteiger partial charge on any atom is 0.232 e. The van der Waals surface area contributed by atoms with Gasteiger partial charge in [-0.05, 0) is 6.42 Å². The van der Waals surface area contributed by atoms with Crippen LogP contribution in [-0.2, 0) is 9.59 Å². The molecule has 1 aliphatic rings. The molecular formula is C10H15NO2. The summed E-state index contributed by atoms with van der Waals surface area (Å²) in [6, 6.07) is 0. The predicted molar refractivity (Wildman–Crippen MR) is 49.9 cm³/mol. The summed E-state index contributed by atoms with van der Waals surface area (Å²) >= 11 is 0. The summed E-state index contributed by atoms with van der Waals surface area (Å²) in [6.45, 7) is 7.94. The first kappa shape index (κ1) is 9.96. The first-order valence-corrected chi connectivity index (χ1v) is 4.57. The summed E-state index contributed by atoms with van der Waals surface area (Å²) in [5.74, 6) is -0.260. The van der Waals surface area contributed by atoms with Gasteiger partial charge in [-0.25, -0.2) is 0 Å². The number of hydrogen-bond acceptors (Lipinski definition) is 2. The Hall–Kier alpha value is -1.12. The Kier molecular flexibility index (Phi) is 2.86. The van der Waals surface area contributed by atoms with E-state index in [0.29, 0.717) is 13.0 Å². The molecule has 1 unspecified atom stereocenters. The number of rotatable bonds is 3. The second-order valence-electron chi connectivity index (χ2n) is 3.53. The fourth-order valence-electron chi connectivity index (χ4n) is 1.35. The van der Waals surface area contributed by atoms with Crippen LogP contribution in [0.25, 0.3) is 0 Å². The van der Waals surface area contributed by atoms with Gasteiger partial charge in [0, 0.05) is 18.9 Å². The van der Waals surface area contributed by atoms with E-state index in [9.17, 15) is 9.59 Å². The molecule has 1 atom stereocenters. The number of likely N-dealkylation sites (tertiary alicyclic amines) is 1. The molecule has 1 heterocycles. The minimum absolute atomic E-state index is 0.0559. The molecule has 3 nitrogen and oxygen atoms in total. The van der Waals surface area contributed by atoms with Crippen LogP contribution in [0.3, 0.4) is 0 Å². The third-order valence-electron chi connectivity index (χ3n) is 2.35. The fourth-order valence-corrected chi connectivity index (χ4v) is 1.35. The number of hydrogen-bond donors (Lipinski definition) is 0. The molecule has 0 aliphatic carbocycles. The summed E-state index contributed by atoms with van der Waals surface area (Å²) in [5, 5.41) is 0. The van der Waals surface area contributed by atoms with Crippen molar-refractivity contribution in [3.63, 3.8) is 0 Å². The molecule has 3 heteroatoms. The van der Waals surface area contributed by atoms with Gasteiger partial charge in [0.1, 0.15) is 0 Å². The van der Waals surface area contributed by atoms with Crippen LogP contribution in [0.15, 0.2) is 12.2 Å². The molecule has 0 radical (unpaired) electrons. The quantitative estimate of drug-likeness (QED) is 0.487. The molecule has 1 rings (SSSR count). The summed E-state index contributed by atoms with van der Waals surface area (Å²) in [5.41, 5.74) is 0.927. The van der Waals surface area contributed by atoms with Gasteiger partial charge in [0.15, 0.2) is 0 Å². The van der Waals surface area contributed by atoms with Crippen molar-refractivity contribution in [2.24, 2.45) is 5.92 Å². The van der Waals surface area contributed by atoms with Crippen LogP contribution in [0.4, 0.5) is 0 Å². The molecular weight excluding hydrogens is 166 g/mol. The Bertz CT molecular complexity index is 258. The van der Waals surface area contributed by atoms with E-state index in [2.05, 4.69) is 6.58 Å². The predicted octanol–water partition coefficient (Wildman–Crippen LogP) is 1.35. The van der Waals surface area contributed by atoms with Crippen LogP contribution in [0.1, 0.15) is 26.7 Å². The largest absolute Gasteiger partial charge is 0.278 e. The molecule has 1 saturated heterocycles. The standard InChI is InChI=1S/C10H15NO2/c1-4-7(2)6-11-9(12)5-8(3)10(11)13/h8H,2,4-6H2,1,3H3. The minimum atomic E-state index is -0.142. The van der Waals surface area contributed by atoms with Gasteiger partial charge >= 0.3 is 0 Å². The minimum Gasteiger partial charge on any atom is -0.278 e. The van der Waals surface area contributed by atoms with E-state index < -0.39 is 0 Å². The third kappa shape index (κ3) is 1.97. The maximum atomic E-state index is 11.4. The van der Waals surface area contributed by atoms with Crippen LogP contribution in [0.2, 0.25) is 0 Å². The van der Waals surface area contributed by atoms with E-state index in [1.54, 1.807) is 6.92 Å². The van der Waals surface area contributed by atoms with Crippen molar-refractivity contribution in [2.45, 2.75) is 26.7 Å². The first-order chi connectivity index (χ1) is 6.06. The van der Waals surface area contributed by atoms with Crippen molar-refractivity contribution in [2.75, 3.05) is 6.54 Å². The van der Waals surface area contributed by atoms with Crippen LogP contribution >= 0.6 is 0 Å². The summed E-state index contributed by atoms with van der Waals surface area (Å²) in [7, 11) is 0. The van der Waals surface area contributed by atoms with Crippen LogP contribution < -0.4 is 0 Å². The Morgan fingerprint density at radius 2 is 2.23 bits per heavy atom. The molecule has 2 amide bonds. The summed E-state index contributed by atoms with van der Waals surface area (Å²) in [6.07, 6.45) is 1.17. The van der Waals surface area contributed by atoms with Gasteiger partial charge in [-0.3, -0.25) is 14.5 Å². The van der Waals surface area contributed by atoms with Crippen molar-refractivity contribution < 1.29 is 9.59 Å². The van der Waals surface area contributed by atoms with Crippen molar-refractivity contribution >= 4 is 11.8 Å². The lowest BCUT2D eigenvalue weighted by atomic mass is 10.1. The van der Waals surface area contributed by atoms with Gasteiger partial charge in [0.2, 0.25) is 11.8 Å². The Morgan fingerprint density at radius 3 is 2.62 bits per heavy atom. The number of carbonyl (C=O) groups is 2. The number of imide groups is 1. The molecule has 1 aliphatic heterocycles. The highest BCUT2D eigenvalue weighted by Gasteiger charge is 2.35. The molecule has 0 aromatic heterocycles. The molecule has 1 fully saturated rings. The zero-order chi connectivity index (χ0) is 10.0. The monoisotopic (exact) mass is 181 g/mol. The molecule has 0 aromatic rings. The molecule has 72 valence electrons. The zero-order valence-corrected chi connectivity index (χ0v) is 8.17. The number of carbonyl (C=O) groups excluding carboxylic acids is 2. The van der Waals surface area contributed by atoms with Gasteiger partial charge in [-0.2, -0.15) is 0 Å². The van der Waals surface area contributed by atoms with E-state index in [0.717, 1.165) is 12.0 Å². The molecule has 0 spiro atoms. The van der Waals surface area contributed by atoms with E-state index >= 15 is 0 Å². The van der Waals surface area contributed by atoms with Gasteiger partial charge in [-0.15, -0.1) is 0 Å². The first-order valence-electron chi connectivity index (χ1n) is 4.57. The lowest BCUT2D eigenvalue weighted by Gasteiger charge is -2.14. The number of nitrogens with zero attached hydrogens (tertiary/aromatic N) is 1. The van der Waals surface area contributed by atoms with Gasteiger partial charge in [0.25, 0.3) is 0 Å². The Balaban J connectivity index is 2.64. The third-order valence-corrected chi connectivity index (χ3v) is 2.35. The summed E-state index contributed by atoms with van der Waals surface area (Å²) < 4.78 is 0. The fraction of sp³-hybridized carbons (Fsp3) is 0.600. The van der Waals surface area contributed by atoms with E-state index in [1.807, 2.05) is 6.92 Å². The molecule has 13 heavy (non-hydrogen) atoms.